The van der Waals surface area contributed by atoms with Gasteiger partial charge in [-0.2, -0.15) is 0 Å². The van der Waals surface area contributed by atoms with E-state index in [-0.39, 0.29) is 6.04 Å². The van der Waals surface area contributed by atoms with Crippen molar-refractivity contribution in [2.75, 3.05) is 19.0 Å². The zero-order chi connectivity index (χ0) is 16.5. The topological polar surface area (TPSA) is 69.2 Å². The van der Waals surface area contributed by atoms with Crippen molar-refractivity contribution >= 4 is 11.4 Å². The highest BCUT2D eigenvalue weighted by molar-refractivity contribution is 5.97. The maximum absolute atomic E-state index is 8.31. The molecule has 0 saturated heterocycles. The Morgan fingerprint density at radius 1 is 1.35 bits per heavy atom. The van der Waals surface area contributed by atoms with Crippen molar-refractivity contribution < 1.29 is 4.84 Å². The van der Waals surface area contributed by atoms with E-state index in [1.54, 1.807) is 7.11 Å². The van der Waals surface area contributed by atoms with E-state index in [0.29, 0.717) is 11.8 Å². The Morgan fingerprint density at radius 2 is 2.09 bits per heavy atom. The number of nitrogens with one attached hydrogen (secondary N) is 4. The lowest BCUT2D eigenvalue weighted by molar-refractivity contribution is 0.0911. The van der Waals surface area contributed by atoms with Crippen LogP contribution in [0.2, 0.25) is 0 Å². The number of rotatable bonds is 11. The molecule has 5 nitrogen and oxygen atoms in total. The predicted octanol–water partition coefficient (Wildman–Crippen LogP) is 3.07. The van der Waals surface area contributed by atoms with Crippen LogP contribution >= 0.6 is 0 Å². The van der Waals surface area contributed by atoms with Crippen LogP contribution in [0.15, 0.2) is 42.1 Å². The maximum atomic E-state index is 8.31. The molecule has 0 aliphatic heterocycles. The normalized spacial score (nSPS) is 16.2. The average molecular weight is 316 g/mol. The van der Waals surface area contributed by atoms with Crippen molar-refractivity contribution in [3.63, 3.8) is 0 Å². The van der Waals surface area contributed by atoms with Crippen LogP contribution < -0.4 is 16.1 Å². The van der Waals surface area contributed by atoms with Crippen LogP contribution in [-0.4, -0.2) is 31.4 Å². The van der Waals surface area contributed by atoms with Crippen molar-refractivity contribution in [2.24, 2.45) is 0 Å². The van der Waals surface area contributed by atoms with Gasteiger partial charge in [0.1, 0.15) is 0 Å². The van der Waals surface area contributed by atoms with E-state index in [0.717, 1.165) is 30.8 Å². The van der Waals surface area contributed by atoms with Gasteiger partial charge >= 0.3 is 0 Å². The number of benzene rings is 1. The largest absolute Gasteiger partial charge is 0.359 e. The molecular weight excluding hydrogens is 288 g/mol. The Kier molecular flexibility index (Phi) is 7.26. The van der Waals surface area contributed by atoms with E-state index in [4.69, 9.17) is 10.2 Å². The molecule has 0 aromatic heterocycles. The van der Waals surface area contributed by atoms with Gasteiger partial charge in [0.2, 0.25) is 0 Å². The highest BCUT2D eigenvalue weighted by Crippen LogP contribution is 2.20. The van der Waals surface area contributed by atoms with Gasteiger partial charge in [-0.1, -0.05) is 18.2 Å². The third-order valence-electron chi connectivity index (χ3n) is 3.81. The second kappa shape index (κ2) is 9.45. The van der Waals surface area contributed by atoms with Crippen LogP contribution in [0.5, 0.6) is 0 Å². The summed E-state index contributed by atoms with van der Waals surface area (Å²) in [4.78, 5) is 4.87. The lowest BCUT2D eigenvalue weighted by Gasteiger charge is -2.16. The molecule has 0 amide bonds. The van der Waals surface area contributed by atoms with Crippen LogP contribution in [0.4, 0.5) is 5.69 Å². The fourth-order valence-electron chi connectivity index (χ4n) is 2.34. The van der Waals surface area contributed by atoms with Crippen molar-refractivity contribution in [2.45, 2.75) is 44.7 Å². The molecule has 1 fully saturated rings. The number of hydroxylamine groups is 1. The number of hydrogen-bond donors (Lipinski definition) is 4. The standard InChI is InChI=1S/C18H28N4O/c1-14(21-16-10-11-16)18(19)13-17(9-6-12-20-23-2)22-15-7-4-3-5-8-15/h3-5,7-8,13-14,16,19-22H,6,9-12H2,1-2H3/b17-13-,19-18?/t14-/m1/s1. The number of hydrogen-bond acceptors (Lipinski definition) is 5. The molecule has 1 saturated carbocycles. The van der Waals surface area contributed by atoms with Gasteiger partial charge in [-0.25, -0.2) is 5.48 Å². The molecule has 1 aromatic carbocycles. The highest BCUT2D eigenvalue weighted by atomic mass is 16.6. The maximum Gasteiger partial charge on any atom is 0.0572 e. The Balaban J connectivity index is 1.95. The lowest BCUT2D eigenvalue weighted by atomic mass is 10.1. The lowest BCUT2D eigenvalue weighted by Crippen LogP contribution is -2.34. The molecular formula is C18H28N4O. The van der Waals surface area contributed by atoms with E-state index in [1.807, 2.05) is 36.4 Å². The van der Waals surface area contributed by atoms with Gasteiger partial charge in [-0.3, -0.25) is 0 Å². The fourth-order valence-corrected chi connectivity index (χ4v) is 2.34. The molecule has 23 heavy (non-hydrogen) atoms. The minimum atomic E-state index is 0.0900. The molecule has 0 spiro atoms. The SMILES string of the molecule is CONCCC/C(=C/C(=N)[C@@H](C)NC1CC1)Nc1ccccc1. The summed E-state index contributed by atoms with van der Waals surface area (Å²) in [5.41, 5.74) is 5.59. The first-order valence-corrected chi connectivity index (χ1v) is 8.32. The first-order chi connectivity index (χ1) is 11.2. The summed E-state index contributed by atoms with van der Waals surface area (Å²) in [7, 11) is 1.62. The summed E-state index contributed by atoms with van der Waals surface area (Å²) in [6.07, 6.45) is 6.24. The number of allylic oxidation sites excluding steroid dienone is 1. The predicted molar refractivity (Wildman–Crippen MR) is 95.7 cm³/mol. The molecule has 1 aliphatic carbocycles. The summed E-state index contributed by atoms with van der Waals surface area (Å²) in [5, 5.41) is 15.2. The quantitative estimate of drug-likeness (QED) is 0.288. The third kappa shape index (κ3) is 6.95. The second-order valence-electron chi connectivity index (χ2n) is 5.98. The first kappa shape index (κ1) is 17.7. The summed E-state index contributed by atoms with van der Waals surface area (Å²) in [5.74, 6) is 0. The first-order valence-electron chi connectivity index (χ1n) is 8.32. The van der Waals surface area contributed by atoms with Crippen molar-refractivity contribution in [3.8, 4) is 0 Å². The summed E-state index contributed by atoms with van der Waals surface area (Å²) < 4.78 is 0. The van der Waals surface area contributed by atoms with Gasteiger partial charge in [0, 0.05) is 35.7 Å². The van der Waals surface area contributed by atoms with Gasteiger partial charge in [-0.15, -0.1) is 0 Å². The molecule has 1 atom stereocenters. The second-order valence-corrected chi connectivity index (χ2v) is 5.98. The zero-order valence-electron chi connectivity index (χ0n) is 14.1. The molecule has 126 valence electrons. The van der Waals surface area contributed by atoms with E-state index in [1.165, 1.54) is 12.8 Å². The Labute approximate surface area is 139 Å². The molecule has 1 aliphatic rings. The van der Waals surface area contributed by atoms with E-state index >= 15 is 0 Å². The summed E-state index contributed by atoms with van der Waals surface area (Å²) in [6.45, 7) is 2.84. The Bertz CT molecular complexity index is 511. The Morgan fingerprint density at radius 3 is 2.74 bits per heavy atom. The van der Waals surface area contributed by atoms with E-state index < -0.39 is 0 Å². The van der Waals surface area contributed by atoms with Crippen LogP contribution in [0.3, 0.4) is 0 Å². The molecule has 0 unspecified atom stereocenters. The fraction of sp³-hybridized carbons (Fsp3) is 0.500. The van der Waals surface area contributed by atoms with Gasteiger partial charge in [0.15, 0.2) is 0 Å². The van der Waals surface area contributed by atoms with Crippen molar-refractivity contribution in [1.29, 1.82) is 5.41 Å². The molecule has 0 heterocycles. The summed E-state index contributed by atoms with van der Waals surface area (Å²) >= 11 is 0. The van der Waals surface area contributed by atoms with E-state index in [2.05, 4.69) is 23.0 Å². The molecule has 0 radical (unpaired) electrons. The minimum Gasteiger partial charge on any atom is -0.359 e. The molecule has 5 heteroatoms. The van der Waals surface area contributed by atoms with Crippen molar-refractivity contribution in [3.05, 3.63) is 42.1 Å². The molecule has 0 bridgehead atoms. The smallest absolute Gasteiger partial charge is 0.0572 e. The number of para-hydroxylation sites is 1. The molecule has 1 aromatic rings. The van der Waals surface area contributed by atoms with Crippen LogP contribution in [0.25, 0.3) is 0 Å². The zero-order valence-corrected chi connectivity index (χ0v) is 14.1. The van der Waals surface area contributed by atoms with Crippen molar-refractivity contribution in [1.82, 2.24) is 10.8 Å². The van der Waals surface area contributed by atoms with Crippen LogP contribution in [-0.2, 0) is 4.84 Å². The Hall–Kier alpha value is -1.69. The monoisotopic (exact) mass is 316 g/mol. The average Bonchev–Trinajstić information content (AvgIpc) is 3.36. The molecule has 4 N–H and O–H groups in total. The molecule has 2 rings (SSSR count). The third-order valence-corrected chi connectivity index (χ3v) is 3.81. The van der Waals surface area contributed by atoms with Gasteiger partial charge < -0.3 is 20.9 Å². The highest BCUT2D eigenvalue weighted by Gasteiger charge is 2.23. The van der Waals surface area contributed by atoms with Gasteiger partial charge in [0.05, 0.1) is 7.11 Å². The van der Waals surface area contributed by atoms with Crippen LogP contribution in [0.1, 0.15) is 32.6 Å². The number of anilines is 1. The van der Waals surface area contributed by atoms with Crippen LogP contribution in [0, 0.1) is 5.41 Å². The van der Waals surface area contributed by atoms with Gasteiger partial charge in [-0.05, 0) is 50.8 Å². The van der Waals surface area contributed by atoms with Gasteiger partial charge in [0.25, 0.3) is 0 Å². The summed E-state index contributed by atoms with van der Waals surface area (Å²) in [6, 6.07) is 10.8. The minimum absolute atomic E-state index is 0.0900. The van der Waals surface area contributed by atoms with E-state index in [9.17, 15) is 0 Å².